The molecule has 21 heavy (non-hydrogen) atoms. The Labute approximate surface area is 124 Å². The lowest BCUT2D eigenvalue weighted by atomic mass is 9.95. The molecule has 108 valence electrons. The molecule has 0 saturated carbocycles. The van der Waals surface area contributed by atoms with Gasteiger partial charge in [-0.05, 0) is 42.5 Å². The smallest absolute Gasteiger partial charge is 0.0949 e. The third-order valence-corrected chi connectivity index (χ3v) is 4.49. The third kappa shape index (κ3) is 2.36. The zero-order chi connectivity index (χ0) is 14.2. The van der Waals surface area contributed by atoms with Crippen LogP contribution in [-0.4, -0.2) is 27.1 Å². The summed E-state index contributed by atoms with van der Waals surface area (Å²) in [6.07, 6.45) is 9.11. The van der Waals surface area contributed by atoms with Gasteiger partial charge in [0.15, 0.2) is 0 Å². The van der Waals surface area contributed by atoms with Crippen molar-refractivity contribution < 1.29 is 0 Å². The van der Waals surface area contributed by atoms with Crippen LogP contribution in [0.4, 0.5) is 0 Å². The molecule has 1 saturated heterocycles. The molecule has 2 unspecified atom stereocenters. The summed E-state index contributed by atoms with van der Waals surface area (Å²) < 4.78 is 2.10. The lowest BCUT2D eigenvalue weighted by Gasteiger charge is -2.08. The normalized spacial score (nSPS) is 22.1. The van der Waals surface area contributed by atoms with Crippen LogP contribution in [0.25, 0.3) is 10.9 Å². The first kappa shape index (κ1) is 12.7. The first-order valence-electron chi connectivity index (χ1n) is 7.58. The summed E-state index contributed by atoms with van der Waals surface area (Å²) in [5, 5.41) is 4.92. The van der Waals surface area contributed by atoms with Crippen LogP contribution in [0, 0.1) is 0 Å². The van der Waals surface area contributed by atoms with Crippen molar-refractivity contribution in [3.63, 3.8) is 0 Å². The van der Waals surface area contributed by atoms with Gasteiger partial charge < -0.3 is 14.9 Å². The quantitative estimate of drug-likeness (QED) is 0.775. The highest BCUT2D eigenvalue weighted by Crippen LogP contribution is 2.32. The number of aromatic amines is 1. The average molecular weight is 280 g/mol. The largest absolute Gasteiger partial charge is 0.361 e. The van der Waals surface area contributed by atoms with Gasteiger partial charge in [-0.15, -0.1) is 0 Å². The fourth-order valence-corrected chi connectivity index (χ4v) is 3.39. The summed E-state index contributed by atoms with van der Waals surface area (Å²) in [6, 6.07) is 7.33. The molecular formula is C17H20N4. The molecule has 2 aromatic heterocycles. The van der Waals surface area contributed by atoms with Crippen LogP contribution in [0.2, 0.25) is 0 Å². The number of rotatable bonds is 3. The van der Waals surface area contributed by atoms with E-state index in [1.165, 1.54) is 28.5 Å². The molecule has 1 aliphatic rings. The second-order valence-electron chi connectivity index (χ2n) is 6.10. The highest BCUT2D eigenvalue weighted by molar-refractivity contribution is 5.84. The number of fused-ring (bicyclic) bond motifs is 1. The van der Waals surface area contributed by atoms with Gasteiger partial charge in [-0.25, -0.2) is 4.98 Å². The van der Waals surface area contributed by atoms with Crippen molar-refractivity contribution in [3.05, 3.63) is 54.2 Å². The summed E-state index contributed by atoms with van der Waals surface area (Å²) in [6.45, 7) is 4.22. The zero-order valence-corrected chi connectivity index (χ0v) is 12.2. The molecule has 4 heteroatoms. The summed E-state index contributed by atoms with van der Waals surface area (Å²) in [5.41, 5.74) is 4.01. The Bertz CT molecular complexity index is 741. The number of nitrogens with zero attached hydrogens (tertiary/aromatic N) is 2. The number of H-pyrrole nitrogens is 1. The molecule has 2 atom stereocenters. The van der Waals surface area contributed by atoms with Gasteiger partial charge in [0.1, 0.15) is 0 Å². The van der Waals surface area contributed by atoms with E-state index in [4.69, 9.17) is 0 Å². The predicted molar refractivity (Wildman–Crippen MR) is 84.5 cm³/mol. The van der Waals surface area contributed by atoms with E-state index in [-0.39, 0.29) is 0 Å². The van der Waals surface area contributed by atoms with Crippen molar-refractivity contribution in [1.29, 1.82) is 0 Å². The molecule has 1 aromatic carbocycles. The summed E-state index contributed by atoms with van der Waals surface area (Å²) in [7, 11) is 0. The molecule has 4 nitrogen and oxygen atoms in total. The Kier molecular flexibility index (Phi) is 3.04. The minimum absolute atomic E-state index is 0.620. The SMILES string of the molecule is CC1CC(c2c[nH]c3ccc(Cn4ccnc4)cc23)CN1. The number of nitrogens with one attached hydrogen (secondary N) is 2. The van der Waals surface area contributed by atoms with E-state index in [0.717, 1.165) is 13.1 Å². The number of imidazole rings is 1. The number of hydrogen-bond acceptors (Lipinski definition) is 2. The van der Waals surface area contributed by atoms with E-state index in [1.807, 2.05) is 18.7 Å². The minimum Gasteiger partial charge on any atom is -0.361 e. The van der Waals surface area contributed by atoms with Crippen LogP contribution in [0.1, 0.15) is 30.4 Å². The van der Waals surface area contributed by atoms with Crippen LogP contribution in [0.5, 0.6) is 0 Å². The van der Waals surface area contributed by atoms with E-state index in [9.17, 15) is 0 Å². The van der Waals surface area contributed by atoms with Gasteiger partial charge in [-0.3, -0.25) is 0 Å². The van der Waals surface area contributed by atoms with E-state index >= 15 is 0 Å². The van der Waals surface area contributed by atoms with Crippen molar-refractivity contribution in [2.24, 2.45) is 0 Å². The number of benzene rings is 1. The molecule has 1 fully saturated rings. The van der Waals surface area contributed by atoms with Gasteiger partial charge in [0.05, 0.1) is 6.33 Å². The lowest BCUT2D eigenvalue weighted by molar-refractivity contribution is 0.659. The van der Waals surface area contributed by atoms with Gasteiger partial charge in [0.25, 0.3) is 0 Å². The molecule has 0 aliphatic carbocycles. The summed E-state index contributed by atoms with van der Waals surface area (Å²) in [5.74, 6) is 0.622. The van der Waals surface area contributed by atoms with Gasteiger partial charge in [-0.2, -0.15) is 0 Å². The van der Waals surface area contributed by atoms with Crippen LogP contribution in [-0.2, 0) is 6.54 Å². The molecule has 0 amide bonds. The van der Waals surface area contributed by atoms with Gasteiger partial charge >= 0.3 is 0 Å². The molecule has 3 heterocycles. The Morgan fingerprint density at radius 2 is 2.33 bits per heavy atom. The minimum atomic E-state index is 0.620. The average Bonchev–Trinajstić information content (AvgIpc) is 3.19. The van der Waals surface area contributed by atoms with Gasteiger partial charge in [-0.1, -0.05) is 6.07 Å². The molecule has 4 rings (SSSR count). The standard InChI is InChI=1S/C17H20N4/c1-12-6-14(8-19-12)16-9-20-17-3-2-13(7-15(16)17)10-21-5-4-18-11-21/h2-5,7,9,11-12,14,19-20H,6,8,10H2,1H3. The van der Waals surface area contributed by atoms with Crippen molar-refractivity contribution in [3.8, 4) is 0 Å². The third-order valence-electron chi connectivity index (χ3n) is 4.49. The molecule has 3 aromatic rings. The number of hydrogen-bond donors (Lipinski definition) is 2. The molecular weight excluding hydrogens is 260 g/mol. The maximum Gasteiger partial charge on any atom is 0.0949 e. The fraction of sp³-hybridized carbons (Fsp3) is 0.353. The van der Waals surface area contributed by atoms with E-state index in [0.29, 0.717) is 12.0 Å². The second-order valence-corrected chi connectivity index (χ2v) is 6.10. The molecule has 0 radical (unpaired) electrons. The molecule has 0 bridgehead atoms. The second kappa shape index (κ2) is 5.04. The first-order chi connectivity index (χ1) is 10.3. The predicted octanol–water partition coefficient (Wildman–Crippen LogP) is 2.88. The topological polar surface area (TPSA) is 45.6 Å². The van der Waals surface area contributed by atoms with E-state index in [1.54, 1.807) is 0 Å². The Morgan fingerprint density at radius 1 is 1.38 bits per heavy atom. The molecule has 0 spiro atoms. The van der Waals surface area contributed by atoms with Gasteiger partial charge in [0, 0.05) is 48.6 Å². The van der Waals surface area contributed by atoms with E-state index in [2.05, 4.69) is 51.2 Å². The Hall–Kier alpha value is -2.07. The highest BCUT2D eigenvalue weighted by atomic mass is 15.0. The highest BCUT2D eigenvalue weighted by Gasteiger charge is 2.24. The van der Waals surface area contributed by atoms with Crippen LogP contribution in [0.15, 0.2) is 43.1 Å². The Morgan fingerprint density at radius 3 is 3.10 bits per heavy atom. The maximum absolute atomic E-state index is 4.11. The van der Waals surface area contributed by atoms with Crippen molar-refractivity contribution in [2.45, 2.75) is 31.8 Å². The van der Waals surface area contributed by atoms with Crippen LogP contribution < -0.4 is 5.32 Å². The monoisotopic (exact) mass is 280 g/mol. The van der Waals surface area contributed by atoms with Crippen molar-refractivity contribution in [1.82, 2.24) is 19.9 Å². The fourth-order valence-electron chi connectivity index (χ4n) is 3.39. The van der Waals surface area contributed by atoms with Crippen LogP contribution >= 0.6 is 0 Å². The zero-order valence-electron chi connectivity index (χ0n) is 12.2. The summed E-state index contributed by atoms with van der Waals surface area (Å²) in [4.78, 5) is 7.53. The van der Waals surface area contributed by atoms with Crippen molar-refractivity contribution >= 4 is 10.9 Å². The maximum atomic E-state index is 4.11. The van der Waals surface area contributed by atoms with E-state index < -0.39 is 0 Å². The summed E-state index contributed by atoms with van der Waals surface area (Å²) >= 11 is 0. The van der Waals surface area contributed by atoms with Gasteiger partial charge in [0.2, 0.25) is 0 Å². The molecule has 2 N–H and O–H groups in total. The molecule has 1 aliphatic heterocycles. The Balaban J connectivity index is 1.69. The van der Waals surface area contributed by atoms with Crippen LogP contribution in [0.3, 0.4) is 0 Å². The first-order valence-corrected chi connectivity index (χ1v) is 7.58. The van der Waals surface area contributed by atoms with Crippen molar-refractivity contribution in [2.75, 3.05) is 6.54 Å². The number of aromatic nitrogens is 3. The lowest BCUT2D eigenvalue weighted by Crippen LogP contribution is -2.16.